The first-order valence-electron chi connectivity index (χ1n) is 10.2. The molecule has 2 aromatic carbocycles. The van der Waals surface area contributed by atoms with Crippen LogP contribution in [0.3, 0.4) is 0 Å². The van der Waals surface area contributed by atoms with Crippen molar-refractivity contribution in [3.8, 4) is 11.5 Å². The van der Waals surface area contributed by atoms with Crippen molar-refractivity contribution in [2.75, 3.05) is 44.5 Å². The Morgan fingerprint density at radius 2 is 1.81 bits per heavy atom. The minimum atomic E-state index is -0.124. The van der Waals surface area contributed by atoms with Crippen molar-refractivity contribution in [1.29, 1.82) is 0 Å². The van der Waals surface area contributed by atoms with Crippen molar-refractivity contribution >= 4 is 34.8 Å². The zero-order valence-corrected chi connectivity index (χ0v) is 18.8. The number of hydrogen-bond acceptors (Lipinski definition) is 5. The summed E-state index contributed by atoms with van der Waals surface area (Å²) in [5.74, 6) is 0.986. The third kappa shape index (κ3) is 5.89. The number of carbonyl (C=O) groups excluding carboxylic acids is 2. The van der Waals surface area contributed by atoms with Gasteiger partial charge in [-0.05, 0) is 62.7 Å². The molecule has 166 valence electrons. The summed E-state index contributed by atoms with van der Waals surface area (Å²) in [6, 6.07) is 10.7. The van der Waals surface area contributed by atoms with E-state index in [4.69, 9.17) is 21.1 Å². The van der Waals surface area contributed by atoms with Gasteiger partial charge < -0.3 is 20.1 Å². The Hall–Kier alpha value is -2.77. The molecule has 7 nitrogen and oxygen atoms in total. The molecule has 1 aliphatic heterocycles. The zero-order valence-electron chi connectivity index (χ0n) is 18.0. The molecule has 0 spiro atoms. The Balaban J connectivity index is 1.49. The SMILES string of the molecule is COc1ccc(NC(=O)CN2CCC(C(=O)Nc3cccc(Cl)c3C)CC2)c(OC)c1. The number of hydrogen-bond donors (Lipinski definition) is 2. The molecule has 1 heterocycles. The summed E-state index contributed by atoms with van der Waals surface area (Å²) in [5, 5.41) is 6.50. The second kappa shape index (κ2) is 10.5. The lowest BCUT2D eigenvalue weighted by atomic mass is 9.95. The Kier molecular flexibility index (Phi) is 7.76. The van der Waals surface area contributed by atoms with Crippen molar-refractivity contribution in [2.45, 2.75) is 19.8 Å². The summed E-state index contributed by atoms with van der Waals surface area (Å²) >= 11 is 6.13. The van der Waals surface area contributed by atoms with E-state index in [1.165, 1.54) is 0 Å². The molecule has 1 saturated heterocycles. The summed E-state index contributed by atoms with van der Waals surface area (Å²) in [5.41, 5.74) is 2.20. The maximum absolute atomic E-state index is 12.6. The summed E-state index contributed by atoms with van der Waals surface area (Å²) in [6.45, 7) is 3.51. The van der Waals surface area contributed by atoms with Crippen LogP contribution in [0.15, 0.2) is 36.4 Å². The van der Waals surface area contributed by atoms with Gasteiger partial charge in [0, 0.05) is 22.7 Å². The first kappa shape index (κ1) is 22.9. The molecular weight excluding hydrogens is 418 g/mol. The van der Waals surface area contributed by atoms with Crippen LogP contribution in [0.2, 0.25) is 5.02 Å². The molecule has 8 heteroatoms. The van der Waals surface area contributed by atoms with E-state index in [0.29, 0.717) is 48.1 Å². The van der Waals surface area contributed by atoms with Crippen LogP contribution in [0.1, 0.15) is 18.4 Å². The highest BCUT2D eigenvalue weighted by Crippen LogP contribution is 2.29. The molecule has 0 saturated carbocycles. The Morgan fingerprint density at radius 3 is 2.48 bits per heavy atom. The second-order valence-electron chi connectivity index (χ2n) is 7.57. The Morgan fingerprint density at radius 1 is 1.06 bits per heavy atom. The third-order valence-corrected chi connectivity index (χ3v) is 5.94. The van der Waals surface area contributed by atoms with E-state index in [2.05, 4.69) is 15.5 Å². The number of anilines is 2. The zero-order chi connectivity index (χ0) is 22.4. The number of nitrogens with one attached hydrogen (secondary N) is 2. The molecule has 1 aliphatic rings. The molecule has 1 fully saturated rings. The number of halogens is 1. The maximum Gasteiger partial charge on any atom is 0.238 e. The van der Waals surface area contributed by atoms with Gasteiger partial charge in [-0.2, -0.15) is 0 Å². The van der Waals surface area contributed by atoms with E-state index >= 15 is 0 Å². The van der Waals surface area contributed by atoms with Gasteiger partial charge in [-0.3, -0.25) is 14.5 Å². The van der Waals surface area contributed by atoms with Gasteiger partial charge in [0.1, 0.15) is 11.5 Å². The van der Waals surface area contributed by atoms with Crippen LogP contribution in [0.5, 0.6) is 11.5 Å². The van der Waals surface area contributed by atoms with Crippen molar-refractivity contribution in [3.63, 3.8) is 0 Å². The number of ether oxygens (including phenoxy) is 2. The fourth-order valence-electron chi connectivity index (χ4n) is 3.63. The first-order chi connectivity index (χ1) is 14.9. The monoisotopic (exact) mass is 445 g/mol. The number of methoxy groups -OCH3 is 2. The van der Waals surface area contributed by atoms with Gasteiger partial charge in [0.15, 0.2) is 0 Å². The molecular formula is C23H28ClN3O4. The molecule has 3 rings (SSSR count). The fraction of sp³-hybridized carbons (Fsp3) is 0.391. The minimum Gasteiger partial charge on any atom is -0.497 e. The summed E-state index contributed by atoms with van der Waals surface area (Å²) in [7, 11) is 3.12. The molecule has 0 aromatic heterocycles. The lowest BCUT2D eigenvalue weighted by Gasteiger charge is -2.30. The van der Waals surface area contributed by atoms with Crippen molar-refractivity contribution in [1.82, 2.24) is 4.90 Å². The van der Waals surface area contributed by atoms with Crippen LogP contribution < -0.4 is 20.1 Å². The predicted octanol–water partition coefficient (Wildman–Crippen LogP) is 3.95. The van der Waals surface area contributed by atoms with E-state index in [1.807, 2.05) is 19.1 Å². The van der Waals surface area contributed by atoms with Gasteiger partial charge in [-0.25, -0.2) is 0 Å². The van der Waals surface area contributed by atoms with Gasteiger partial charge in [-0.1, -0.05) is 17.7 Å². The molecule has 0 unspecified atom stereocenters. The molecule has 31 heavy (non-hydrogen) atoms. The average molecular weight is 446 g/mol. The van der Waals surface area contributed by atoms with E-state index < -0.39 is 0 Å². The quantitative estimate of drug-likeness (QED) is 0.674. The summed E-state index contributed by atoms with van der Waals surface area (Å²) in [4.78, 5) is 27.2. The second-order valence-corrected chi connectivity index (χ2v) is 7.97. The highest BCUT2D eigenvalue weighted by molar-refractivity contribution is 6.31. The molecule has 2 aromatic rings. The van der Waals surface area contributed by atoms with E-state index in [9.17, 15) is 9.59 Å². The predicted molar refractivity (Wildman–Crippen MR) is 122 cm³/mol. The number of benzene rings is 2. The largest absolute Gasteiger partial charge is 0.497 e. The highest BCUT2D eigenvalue weighted by Gasteiger charge is 2.26. The summed E-state index contributed by atoms with van der Waals surface area (Å²) in [6.07, 6.45) is 1.40. The van der Waals surface area contributed by atoms with Crippen LogP contribution in [0.25, 0.3) is 0 Å². The topological polar surface area (TPSA) is 79.9 Å². The fourth-order valence-corrected chi connectivity index (χ4v) is 3.80. The van der Waals surface area contributed by atoms with Gasteiger partial charge in [0.2, 0.25) is 11.8 Å². The Labute approximate surface area is 187 Å². The van der Waals surface area contributed by atoms with Gasteiger partial charge in [0.25, 0.3) is 0 Å². The van der Waals surface area contributed by atoms with Crippen molar-refractivity contribution < 1.29 is 19.1 Å². The first-order valence-corrected chi connectivity index (χ1v) is 10.6. The average Bonchev–Trinajstić information content (AvgIpc) is 2.77. The van der Waals surface area contributed by atoms with Crippen LogP contribution in [-0.4, -0.2) is 50.6 Å². The molecule has 0 atom stereocenters. The maximum atomic E-state index is 12.6. The van der Waals surface area contributed by atoms with E-state index in [0.717, 1.165) is 11.3 Å². The van der Waals surface area contributed by atoms with Crippen molar-refractivity contribution in [2.24, 2.45) is 5.92 Å². The number of likely N-dealkylation sites (tertiary alicyclic amines) is 1. The number of piperidine rings is 1. The third-order valence-electron chi connectivity index (χ3n) is 5.53. The lowest BCUT2D eigenvalue weighted by molar-refractivity contribution is -0.121. The lowest BCUT2D eigenvalue weighted by Crippen LogP contribution is -2.41. The molecule has 2 N–H and O–H groups in total. The number of nitrogens with zero attached hydrogens (tertiary/aromatic N) is 1. The highest BCUT2D eigenvalue weighted by atomic mass is 35.5. The Bertz CT molecular complexity index is 942. The number of rotatable bonds is 7. The summed E-state index contributed by atoms with van der Waals surface area (Å²) < 4.78 is 10.5. The van der Waals surface area contributed by atoms with E-state index in [1.54, 1.807) is 38.5 Å². The smallest absolute Gasteiger partial charge is 0.238 e. The van der Waals surface area contributed by atoms with Crippen molar-refractivity contribution in [3.05, 3.63) is 47.0 Å². The van der Waals surface area contributed by atoms with Crippen LogP contribution in [-0.2, 0) is 9.59 Å². The molecule has 0 radical (unpaired) electrons. The van der Waals surface area contributed by atoms with Gasteiger partial charge in [0.05, 0.1) is 26.5 Å². The normalized spacial score (nSPS) is 14.7. The van der Waals surface area contributed by atoms with Gasteiger partial charge in [-0.15, -0.1) is 0 Å². The van der Waals surface area contributed by atoms with Crippen LogP contribution in [0, 0.1) is 12.8 Å². The number of carbonyl (C=O) groups is 2. The molecule has 0 aliphatic carbocycles. The number of amides is 2. The molecule has 2 amide bonds. The standard InChI is InChI=1S/C23H28ClN3O4/c1-15-18(24)5-4-6-19(15)26-23(29)16-9-11-27(12-10-16)14-22(28)25-20-8-7-17(30-2)13-21(20)31-3/h4-8,13,16H,9-12,14H2,1-3H3,(H,25,28)(H,26,29). The van der Waals surface area contributed by atoms with Gasteiger partial charge >= 0.3 is 0 Å². The minimum absolute atomic E-state index is 0.00237. The van der Waals surface area contributed by atoms with Crippen LogP contribution in [0.4, 0.5) is 11.4 Å². The molecule has 0 bridgehead atoms. The van der Waals surface area contributed by atoms with E-state index in [-0.39, 0.29) is 24.3 Å². The van der Waals surface area contributed by atoms with Crippen LogP contribution >= 0.6 is 11.6 Å².